The summed E-state index contributed by atoms with van der Waals surface area (Å²) in [4.78, 5) is 21.6. The van der Waals surface area contributed by atoms with Gasteiger partial charge in [-0.3, -0.25) is 0 Å². The minimum Gasteiger partial charge on any atom is -0.394 e. The molecule has 18 heavy (non-hydrogen) atoms. The van der Waals surface area contributed by atoms with Gasteiger partial charge in [-0.25, -0.2) is 4.57 Å². The van der Waals surface area contributed by atoms with Gasteiger partial charge in [-0.1, -0.05) is 0 Å². The molecule has 0 aliphatic heterocycles. The van der Waals surface area contributed by atoms with Crippen molar-refractivity contribution in [2.75, 3.05) is 47.5 Å². The standard InChI is InChI=1S/C5H14NO.C3H8O3.H3O4P/c1-6(2,3)4-5-7;4-1-3(6)2-5;1-5(2,3)4/h7H,4-5H2,1-3H3;3-6H,1-2H2;(H3,1,2,3,4)/q+1;;. The third kappa shape index (κ3) is 56.5. The largest absolute Gasteiger partial charge is 0.466 e. The number of aliphatic hydroxyl groups is 4. The maximum Gasteiger partial charge on any atom is 0.466 e. The van der Waals surface area contributed by atoms with Gasteiger partial charge in [-0.05, 0) is 0 Å². The lowest BCUT2D eigenvalue weighted by Gasteiger charge is -2.21. The first-order valence-electron chi connectivity index (χ1n) is 4.96. The first kappa shape index (κ1) is 23.0. The minimum atomic E-state index is -4.64. The van der Waals surface area contributed by atoms with E-state index in [-0.39, 0.29) is 19.8 Å². The molecule has 0 amide bonds. The summed E-state index contributed by atoms with van der Waals surface area (Å²) in [5.41, 5.74) is 0. The maximum atomic E-state index is 8.88. The molecule has 0 saturated carbocycles. The van der Waals surface area contributed by atoms with Crippen LogP contribution in [-0.4, -0.2) is 93.2 Å². The SMILES string of the molecule is C[N+](C)(C)CCO.O=P(O)(O)O.OCC(O)CO. The highest BCUT2D eigenvalue weighted by molar-refractivity contribution is 7.45. The first-order valence-corrected chi connectivity index (χ1v) is 6.53. The van der Waals surface area contributed by atoms with Crippen molar-refractivity contribution in [2.45, 2.75) is 6.10 Å². The van der Waals surface area contributed by atoms with Crippen LogP contribution in [0.25, 0.3) is 0 Å². The van der Waals surface area contributed by atoms with Crippen molar-refractivity contribution in [1.29, 1.82) is 0 Å². The molecule has 0 bridgehead atoms. The average Bonchev–Trinajstić information content (AvgIpc) is 2.13. The fourth-order valence-electron chi connectivity index (χ4n) is 0.358. The van der Waals surface area contributed by atoms with E-state index in [0.29, 0.717) is 0 Å². The smallest absolute Gasteiger partial charge is 0.394 e. The van der Waals surface area contributed by atoms with Crippen molar-refractivity contribution < 1.29 is 44.2 Å². The Morgan fingerprint density at radius 2 is 1.28 bits per heavy atom. The Bertz CT molecular complexity index is 201. The Kier molecular flexibility index (Phi) is 15.3. The summed E-state index contributed by atoms with van der Waals surface area (Å²) < 4.78 is 9.73. The molecule has 0 saturated heterocycles. The summed E-state index contributed by atoms with van der Waals surface area (Å²) >= 11 is 0. The lowest BCUT2D eigenvalue weighted by molar-refractivity contribution is -0.870. The van der Waals surface area contributed by atoms with Gasteiger partial charge in [0.15, 0.2) is 0 Å². The zero-order valence-electron chi connectivity index (χ0n) is 10.8. The van der Waals surface area contributed by atoms with Gasteiger partial charge < -0.3 is 39.6 Å². The fraction of sp³-hybridized carbons (Fsp3) is 1.00. The third-order valence-electron chi connectivity index (χ3n) is 1.19. The second-order valence-corrected chi connectivity index (χ2v) is 5.30. The molecular formula is C8H25NO8P+. The average molecular weight is 294 g/mol. The van der Waals surface area contributed by atoms with Gasteiger partial charge in [0.2, 0.25) is 0 Å². The normalized spacial score (nSPS) is 11.3. The number of aliphatic hydroxyl groups excluding tert-OH is 4. The summed E-state index contributed by atoms with van der Waals surface area (Å²) in [5.74, 6) is 0. The molecule has 7 N–H and O–H groups in total. The molecule has 0 spiro atoms. The molecule has 0 aliphatic rings. The predicted octanol–water partition coefficient (Wildman–Crippen LogP) is -2.91. The minimum absolute atomic E-state index is 0.281. The maximum absolute atomic E-state index is 8.88. The highest BCUT2D eigenvalue weighted by atomic mass is 31.2. The third-order valence-corrected chi connectivity index (χ3v) is 1.19. The molecule has 10 heteroatoms. The van der Waals surface area contributed by atoms with Gasteiger partial charge in [0.1, 0.15) is 12.6 Å². The monoisotopic (exact) mass is 294 g/mol. The van der Waals surface area contributed by atoms with Gasteiger partial charge in [0, 0.05) is 0 Å². The summed E-state index contributed by atoms with van der Waals surface area (Å²) in [6.45, 7) is 0.385. The van der Waals surface area contributed by atoms with E-state index in [0.717, 1.165) is 11.0 Å². The Morgan fingerprint density at radius 3 is 1.28 bits per heavy atom. The Balaban J connectivity index is -0.000000190. The van der Waals surface area contributed by atoms with Crippen LogP contribution in [0.15, 0.2) is 0 Å². The number of quaternary nitrogens is 1. The molecule has 0 atom stereocenters. The quantitative estimate of drug-likeness (QED) is 0.215. The summed E-state index contributed by atoms with van der Waals surface area (Å²) in [7, 11) is 1.52. The van der Waals surface area contributed by atoms with E-state index in [1.54, 1.807) is 0 Å². The van der Waals surface area contributed by atoms with Crippen LogP contribution in [-0.2, 0) is 4.57 Å². The van der Waals surface area contributed by atoms with Crippen LogP contribution in [0.5, 0.6) is 0 Å². The van der Waals surface area contributed by atoms with Crippen molar-refractivity contribution in [3.8, 4) is 0 Å². The number of hydrogen-bond acceptors (Lipinski definition) is 5. The van der Waals surface area contributed by atoms with Crippen LogP contribution in [0.2, 0.25) is 0 Å². The number of rotatable bonds is 4. The Labute approximate surface area is 106 Å². The second kappa shape index (κ2) is 12.0. The van der Waals surface area contributed by atoms with Crippen LogP contribution in [0.1, 0.15) is 0 Å². The van der Waals surface area contributed by atoms with Crippen LogP contribution in [0.3, 0.4) is 0 Å². The summed E-state index contributed by atoms with van der Waals surface area (Å²) in [6.07, 6.45) is -0.954. The summed E-state index contributed by atoms with van der Waals surface area (Å²) in [6, 6.07) is 0. The van der Waals surface area contributed by atoms with Crippen molar-refractivity contribution in [3.05, 3.63) is 0 Å². The molecule has 0 unspecified atom stereocenters. The summed E-state index contributed by atoms with van der Waals surface area (Å²) in [5, 5.41) is 32.4. The van der Waals surface area contributed by atoms with E-state index < -0.39 is 13.9 Å². The molecule has 0 rings (SSSR count). The second-order valence-electron chi connectivity index (χ2n) is 4.27. The predicted molar refractivity (Wildman–Crippen MR) is 64.4 cm³/mol. The first-order chi connectivity index (χ1) is 7.87. The topological polar surface area (TPSA) is 159 Å². The molecule has 0 aromatic heterocycles. The van der Waals surface area contributed by atoms with E-state index in [1.807, 2.05) is 0 Å². The molecule has 9 nitrogen and oxygen atoms in total. The molecule has 0 aliphatic carbocycles. The highest BCUT2D eigenvalue weighted by Gasteiger charge is 2.02. The lowest BCUT2D eigenvalue weighted by Crippen LogP contribution is -2.36. The van der Waals surface area contributed by atoms with Gasteiger partial charge in [0.25, 0.3) is 0 Å². The van der Waals surface area contributed by atoms with Gasteiger partial charge in [-0.2, -0.15) is 0 Å². The Morgan fingerprint density at radius 1 is 1.00 bits per heavy atom. The number of phosphoric acid groups is 1. The van der Waals surface area contributed by atoms with Crippen molar-refractivity contribution in [2.24, 2.45) is 0 Å². The van der Waals surface area contributed by atoms with Crippen LogP contribution in [0.4, 0.5) is 0 Å². The number of nitrogens with zero attached hydrogens (tertiary/aromatic N) is 1. The molecular weight excluding hydrogens is 269 g/mol. The van der Waals surface area contributed by atoms with E-state index >= 15 is 0 Å². The van der Waals surface area contributed by atoms with Crippen LogP contribution >= 0.6 is 7.82 Å². The van der Waals surface area contributed by atoms with E-state index in [4.69, 9.17) is 39.7 Å². The zero-order chi connectivity index (χ0) is 15.4. The molecule has 0 aromatic carbocycles. The lowest BCUT2D eigenvalue weighted by atomic mass is 10.4. The van der Waals surface area contributed by atoms with Gasteiger partial charge in [0.05, 0.1) is 41.0 Å². The highest BCUT2D eigenvalue weighted by Crippen LogP contribution is 2.25. The van der Waals surface area contributed by atoms with Crippen molar-refractivity contribution >= 4 is 7.82 Å². The molecule has 0 heterocycles. The number of likely N-dealkylation sites (N-methyl/N-ethyl adjacent to an activating group) is 1. The molecule has 0 fully saturated rings. The van der Waals surface area contributed by atoms with Crippen molar-refractivity contribution in [3.63, 3.8) is 0 Å². The van der Waals surface area contributed by atoms with Crippen LogP contribution in [0, 0.1) is 0 Å². The van der Waals surface area contributed by atoms with E-state index in [2.05, 4.69) is 21.1 Å². The fourth-order valence-corrected chi connectivity index (χ4v) is 0.358. The van der Waals surface area contributed by atoms with Crippen LogP contribution < -0.4 is 0 Å². The van der Waals surface area contributed by atoms with E-state index in [9.17, 15) is 0 Å². The molecule has 0 radical (unpaired) electrons. The van der Waals surface area contributed by atoms with Gasteiger partial charge in [-0.15, -0.1) is 0 Å². The Hall–Kier alpha value is -0.0900. The zero-order valence-corrected chi connectivity index (χ0v) is 11.7. The molecule has 0 aromatic rings. The van der Waals surface area contributed by atoms with Crippen molar-refractivity contribution in [1.82, 2.24) is 0 Å². The van der Waals surface area contributed by atoms with Gasteiger partial charge >= 0.3 is 7.82 Å². The number of hydrogen-bond donors (Lipinski definition) is 7. The molecule has 114 valence electrons. The van der Waals surface area contributed by atoms with E-state index in [1.165, 1.54) is 0 Å².